The van der Waals surface area contributed by atoms with Crippen LogP contribution in [0.15, 0.2) is 0 Å². The van der Waals surface area contributed by atoms with E-state index in [1.165, 1.54) is 0 Å². The lowest BCUT2D eigenvalue weighted by Crippen LogP contribution is -2.26. The maximum atomic E-state index is 11.0. The molecule has 1 aliphatic rings. The second-order valence-corrected chi connectivity index (χ2v) is 3.56. The van der Waals surface area contributed by atoms with Crippen LogP contribution in [0.1, 0.15) is 39.0 Å². The van der Waals surface area contributed by atoms with Crippen molar-refractivity contribution in [1.29, 1.82) is 0 Å². The first-order valence-electron chi connectivity index (χ1n) is 4.82. The fraction of sp³-hybridized carbons (Fsp3) is 0.900. The highest BCUT2D eigenvalue weighted by Crippen LogP contribution is 2.27. The van der Waals surface area contributed by atoms with Crippen LogP contribution in [0.2, 0.25) is 0 Å². The molecule has 70 valence electrons. The van der Waals surface area contributed by atoms with E-state index in [1.807, 2.05) is 0 Å². The lowest BCUT2D eigenvalue weighted by atomic mass is 9.84. The molecule has 2 heteroatoms. The summed E-state index contributed by atoms with van der Waals surface area (Å²) in [5, 5.41) is 0. The molecular formula is C10H18O2. The number of Topliss-reactive ketones (excluding diaryl/α,β-unsaturated/α-hetero) is 1. The van der Waals surface area contributed by atoms with Gasteiger partial charge in [0.25, 0.3) is 0 Å². The van der Waals surface area contributed by atoms with E-state index in [1.54, 1.807) is 7.11 Å². The molecule has 1 saturated carbocycles. The zero-order chi connectivity index (χ0) is 8.97. The first-order chi connectivity index (χ1) is 5.77. The van der Waals surface area contributed by atoms with Gasteiger partial charge in [-0.3, -0.25) is 4.79 Å². The Morgan fingerprint density at radius 3 is 2.50 bits per heavy atom. The van der Waals surface area contributed by atoms with Gasteiger partial charge in [-0.25, -0.2) is 0 Å². The number of ether oxygens (including phenoxy) is 1. The Morgan fingerprint density at radius 2 is 2.08 bits per heavy atom. The maximum Gasteiger partial charge on any atom is 0.132 e. The van der Waals surface area contributed by atoms with Crippen LogP contribution in [0.3, 0.4) is 0 Å². The summed E-state index contributed by atoms with van der Waals surface area (Å²) in [7, 11) is 1.77. The average Bonchev–Trinajstić information content (AvgIpc) is 2.10. The van der Waals surface area contributed by atoms with Crippen LogP contribution in [0, 0.1) is 5.92 Å². The molecule has 0 aliphatic heterocycles. The number of rotatable bonds is 3. The number of hydrogen-bond acceptors (Lipinski definition) is 2. The molecule has 1 atom stereocenters. The third kappa shape index (κ3) is 2.31. The normalized spacial score (nSPS) is 22.7. The lowest BCUT2D eigenvalue weighted by molar-refractivity contribution is -0.122. The minimum atomic E-state index is 0.373. The van der Waals surface area contributed by atoms with Gasteiger partial charge >= 0.3 is 0 Å². The van der Waals surface area contributed by atoms with Crippen LogP contribution in [0.25, 0.3) is 0 Å². The van der Waals surface area contributed by atoms with Crippen LogP contribution in [-0.4, -0.2) is 19.0 Å². The highest BCUT2D eigenvalue weighted by Gasteiger charge is 2.24. The third-order valence-electron chi connectivity index (χ3n) is 2.82. The smallest absolute Gasteiger partial charge is 0.132 e. The monoisotopic (exact) mass is 170 g/mol. The van der Waals surface area contributed by atoms with Gasteiger partial charge in [-0.2, -0.15) is 0 Å². The maximum absolute atomic E-state index is 11.0. The zero-order valence-corrected chi connectivity index (χ0v) is 8.01. The molecule has 1 aliphatic carbocycles. The molecule has 1 fully saturated rings. The fourth-order valence-electron chi connectivity index (χ4n) is 2.03. The standard InChI is InChI=1S/C10H18O2/c1-3-10(12-2)8-4-6-9(11)7-5-8/h8,10H,3-7H2,1-2H3/t10-/m0/s1. The minimum Gasteiger partial charge on any atom is -0.381 e. The summed E-state index contributed by atoms with van der Waals surface area (Å²) in [4.78, 5) is 11.0. The predicted molar refractivity (Wildman–Crippen MR) is 48.1 cm³/mol. The van der Waals surface area contributed by atoms with Crippen molar-refractivity contribution in [2.45, 2.75) is 45.1 Å². The van der Waals surface area contributed by atoms with Crippen LogP contribution >= 0.6 is 0 Å². The van der Waals surface area contributed by atoms with Gasteiger partial charge in [0.15, 0.2) is 0 Å². The van der Waals surface area contributed by atoms with E-state index in [2.05, 4.69) is 6.92 Å². The Kier molecular flexibility index (Phi) is 3.73. The molecule has 0 spiro atoms. The molecule has 0 radical (unpaired) electrons. The number of ketones is 1. The summed E-state index contributed by atoms with van der Waals surface area (Å²) < 4.78 is 5.36. The SMILES string of the molecule is CC[C@H](OC)C1CCC(=O)CC1. The lowest BCUT2D eigenvalue weighted by Gasteiger charge is -2.27. The van der Waals surface area contributed by atoms with Gasteiger partial charge < -0.3 is 4.74 Å². The summed E-state index contributed by atoms with van der Waals surface area (Å²) in [5.74, 6) is 1.05. The van der Waals surface area contributed by atoms with Gasteiger partial charge in [-0.1, -0.05) is 6.92 Å². The van der Waals surface area contributed by atoms with Gasteiger partial charge in [0.1, 0.15) is 5.78 Å². The van der Waals surface area contributed by atoms with E-state index in [9.17, 15) is 4.79 Å². The first-order valence-corrected chi connectivity index (χ1v) is 4.82. The summed E-state index contributed by atoms with van der Waals surface area (Å²) in [6.07, 6.45) is 5.04. The highest BCUT2D eigenvalue weighted by molar-refractivity contribution is 5.79. The molecule has 0 heterocycles. The van der Waals surface area contributed by atoms with Crippen molar-refractivity contribution in [3.05, 3.63) is 0 Å². The third-order valence-corrected chi connectivity index (χ3v) is 2.82. The van der Waals surface area contributed by atoms with Crippen molar-refractivity contribution in [2.24, 2.45) is 5.92 Å². The molecular weight excluding hydrogens is 152 g/mol. The fourth-order valence-corrected chi connectivity index (χ4v) is 2.03. The molecule has 1 rings (SSSR count). The molecule has 0 aromatic carbocycles. The highest BCUT2D eigenvalue weighted by atomic mass is 16.5. The number of carbonyl (C=O) groups is 1. The Morgan fingerprint density at radius 1 is 1.50 bits per heavy atom. The van der Waals surface area contributed by atoms with E-state index < -0.39 is 0 Å². The Hall–Kier alpha value is -0.370. The quantitative estimate of drug-likeness (QED) is 0.649. The van der Waals surface area contributed by atoms with Crippen molar-refractivity contribution in [2.75, 3.05) is 7.11 Å². The molecule has 0 amide bonds. The summed E-state index contributed by atoms with van der Waals surface area (Å²) in [6.45, 7) is 2.14. The van der Waals surface area contributed by atoms with E-state index in [0.29, 0.717) is 17.8 Å². The molecule has 0 unspecified atom stereocenters. The zero-order valence-electron chi connectivity index (χ0n) is 8.01. The van der Waals surface area contributed by atoms with E-state index in [4.69, 9.17) is 4.74 Å². The van der Waals surface area contributed by atoms with Gasteiger partial charge in [0, 0.05) is 20.0 Å². The van der Waals surface area contributed by atoms with Crippen LogP contribution in [0.5, 0.6) is 0 Å². The minimum absolute atomic E-state index is 0.373. The molecule has 2 nitrogen and oxygen atoms in total. The van der Waals surface area contributed by atoms with Crippen molar-refractivity contribution in [3.8, 4) is 0 Å². The second-order valence-electron chi connectivity index (χ2n) is 3.56. The topological polar surface area (TPSA) is 26.3 Å². The van der Waals surface area contributed by atoms with E-state index in [-0.39, 0.29) is 0 Å². The molecule has 12 heavy (non-hydrogen) atoms. The van der Waals surface area contributed by atoms with Crippen LogP contribution in [-0.2, 0) is 9.53 Å². The number of methoxy groups -OCH3 is 1. The van der Waals surface area contributed by atoms with Gasteiger partial charge in [0.05, 0.1) is 6.10 Å². The number of hydrogen-bond donors (Lipinski definition) is 0. The van der Waals surface area contributed by atoms with Crippen molar-refractivity contribution in [3.63, 3.8) is 0 Å². The first kappa shape index (κ1) is 9.72. The van der Waals surface area contributed by atoms with E-state index >= 15 is 0 Å². The van der Waals surface area contributed by atoms with Crippen molar-refractivity contribution in [1.82, 2.24) is 0 Å². The van der Waals surface area contributed by atoms with Gasteiger partial charge in [0.2, 0.25) is 0 Å². The number of carbonyl (C=O) groups excluding carboxylic acids is 1. The molecule has 0 saturated heterocycles. The molecule has 0 N–H and O–H groups in total. The summed E-state index contributed by atoms with van der Waals surface area (Å²) >= 11 is 0. The average molecular weight is 170 g/mol. The summed E-state index contributed by atoms with van der Waals surface area (Å²) in [6, 6.07) is 0. The van der Waals surface area contributed by atoms with E-state index in [0.717, 1.165) is 32.1 Å². The molecule has 0 bridgehead atoms. The summed E-state index contributed by atoms with van der Waals surface area (Å²) in [5.41, 5.74) is 0. The largest absolute Gasteiger partial charge is 0.381 e. The van der Waals surface area contributed by atoms with Crippen molar-refractivity contribution < 1.29 is 9.53 Å². The predicted octanol–water partition coefficient (Wildman–Crippen LogP) is 2.17. The second kappa shape index (κ2) is 4.61. The molecule has 0 aromatic heterocycles. The van der Waals surface area contributed by atoms with Crippen LogP contribution < -0.4 is 0 Å². The van der Waals surface area contributed by atoms with Crippen molar-refractivity contribution >= 4 is 5.78 Å². The molecule has 0 aromatic rings. The van der Waals surface area contributed by atoms with Gasteiger partial charge in [-0.15, -0.1) is 0 Å². The van der Waals surface area contributed by atoms with Crippen LogP contribution in [0.4, 0.5) is 0 Å². The Balaban J connectivity index is 2.37. The van der Waals surface area contributed by atoms with Gasteiger partial charge in [-0.05, 0) is 25.2 Å². The Bertz CT molecular complexity index is 140. The Labute approximate surface area is 74.3 Å².